The molecule has 1 rings (SSSR count). The van der Waals surface area contributed by atoms with Crippen LogP contribution in [-0.2, 0) is 0 Å². The van der Waals surface area contributed by atoms with E-state index in [4.69, 9.17) is 5.73 Å². The summed E-state index contributed by atoms with van der Waals surface area (Å²) >= 11 is 0. The highest BCUT2D eigenvalue weighted by atomic mass is 16.2. The molecule has 0 saturated heterocycles. The summed E-state index contributed by atoms with van der Waals surface area (Å²) in [6, 6.07) is -0.414. The van der Waals surface area contributed by atoms with Gasteiger partial charge in [0.15, 0.2) is 0 Å². The van der Waals surface area contributed by atoms with Gasteiger partial charge in [-0.05, 0) is 32.2 Å². The molecule has 0 aromatic rings. The summed E-state index contributed by atoms with van der Waals surface area (Å²) in [6.07, 6.45) is 13.8. The number of amides is 2. The number of nitrogens with one attached hydrogen (secondary N) is 2. The van der Waals surface area contributed by atoms with Crippen LogP contribution in [0.5, 0.6) is 0 Å². The van der Waals surface area contributed by atoms with Crippen molar-refractivity contribution in [2.45, 2.75) is 83.2 Å². The van der Waals surface area contributed by atoms with E-state index in [1.807, 2.05) is 0 Å². The zero-order valence-corrected chi connectivity index (χ0v) is 12.5. The van der Waals surface area contributed by atoms with Gasteiger partial charge in [-0.25, -0.2) is 4.79 Å². The average molecular weight is 269 g/mol. The Kier molecular flexibility index (Phi) is 7.87. The van der Waals surface area contributed by atoms with Crippen molar-refractivity contribution in [3.63, 3.8) is 0 Å². The minimum absolute atomic E-state index is 0.188. The van der Waals surface area contributed by atoms with E-state index in [0.29, 0.717) is 0 Å². The van der Waals surface area contributed by atoms with E-state index in [0.717, 1.165) is 19.4 Å². The lowest BCUT2D eigenvalue weighted by atomic mass is 9.84. The Balaban J connectivity index is 1.93. The van der Waals surface area contributed by atoms with Crippen molar-refractivity contribution in [3.8, 4) is 0 Å². The summed E-state index contributed by atoms with van der Waals surface area (Å²) in [5.41, 5.74) is 5.02. The van der Waals surface area contributed by atoms with Crippen LogP contribution in [0.4, 0.5) is 4.79 Å². The molecule has 2 amide bonds. The zero-order chi connectivity index (χ0) is 14.0. The van der Waals surface area contributed by atoms with Crippen LogP contribution in [0.25, 0.3) is 0 Å². The predicted octanol–water partition coefficient (Wildman–Crippen LogP) is 3.27. The highest BCUT2D eigenvalue weighted by Gasteiger charge is 2.37. The third-order valence-corrected chi connectivity index (χ3v) is 4.06. The number of carbonyl (C=O) groups excluding carboxylic acids is 1. The van der Waals surface area contributed by atoms with Crippen LogP contribution < -0.4 is 16.4 Å². The second kappa shape index (κ2) is 9.18. The Hall–Kier alpha value is -0.770. The van der Waals surface area contributed by atoms with Crippen molar-refractivity contribution < 1.29 is 4.79 Å². The molecule has 0 aliphatic heterocycles. The van der Waals surface area contributed by atoms with E-state index in [9.17, 15) is 4.79 Å². The van der Waals surface area contributed by atoms with Gasteiger partial charge in [0.1, 0.15) is 0 Å². The molecule has 0 heterocycles. The maximum Gasteiger partial charge on any atom is 0.313 e. The molecule has 0 atom stereocenters. The normalized spacial score (nSPS) is 16.9. The van der Waals surface area contributed by atoms with Crippen molar-refractivity contribution >= 4 is 6.03 Å². The van der Waals surface area contributed by atoms with Gasteiger partial charge < -0.3 is 11.1 Å². The van der Waals surface area contributed by atoms with Gasteiger partial charge in [-0.2, -0.15) is 0 Å². The van der Waals surface area contributed by atoms with E-state index in [-0.39, 0.29) is 5.66 Å². The SMILES string of the molecule is CCCCCCCCCCNC1(NC(N)=O)CCC1. The Morgan fingerprint density at radius 3 is 2.11 bits per heavy atom. The van der Waals surface area contributed by atoms with Crippen LogP contribution >= 0.6 is 0 Å². The van der Waals surface area contributed by atoms with Crippen LogP contribution in [0, 0.1) is 0 Å². The van der Waals surface area contributed by atoms with Gasteiger partial charge in [0.2, 0.25) is 0 Å². The van der Waals surface area contributed by atoms with Crippen molar-refractivity contribution in [2.24, 2.45) is 5.73 Å². The van der Waals surface area contributed by atoms with Crippen molar-refractivity contribution in [1.29, 1.82) is 0 Å². The van der Waals surface area contributed by atoms with E-state index in [1.54, 1.807) is 0 Å². The Morgan fingerprint density at radius 2 is 1.63 bits per heavy atom. The van der Waals surface area contributed by atoms with E-state index >= 15 is 0 Å². The quantitative estimate of drug-likeness (QED) is 0.398. The fraction of sp³-hybridized carbons (Fsp3) is 0.933. The minimum Gasteiger partial charge on any atom is -0.352 e. The topological polar surface area (TPSA) is 67.2 Å². The molecule has 4 heteroatoms. The van der Waals surface area contributed by atoms with Gasteiger partial charge in [-0.3, -0.25) is 5.32 Å². The first-order chi connectivity index (χ1) is 9.18. The van der Waals surface area contributed by atoms with Gasteiger partial charge >= 0.3 is 6.03 Å². The van der Waals surface area contributed by atoms with Crippen LogP contribution in [0.3, 0.4) is 0 Å². The Labute approximate surface area is 117 Å². The minimum atomic E-state index is -0.414. The highest BCUT2D eigenvalue weighted by molar-refractivity contribution is 5.72. The van der Waals surface area contributed by atoms with Crippen molar-refractivity contribution in [2.75, 3.05) is 6.54 Å². The van der Waals surface area contributed by atoms with Crippen LogP contribution in [0.15, 0.2) is 0 Å². The molecule has 1 aliphatic carbocycles. The maximum absolute atomic E-state index is 10.9. The number of hydrogen-bond donors (Lipinski definition) is 3. The molecule has 4 nitrogen and oxygen atoms in total. The first kappa shape index (κ1) is 16.3. The van der Waals surface area contributed by atoms with Crippen LogP contribution in [-0.4, -0.2) is 18.2 Å². The lowest BCUT2D eigenvalue weighted by molar-refractivity contribution is 0.143. The largest absolute Gasteiger partial charge is 0.352 e. The van der Waals surface area contributed by atoms with E-state index < -0.39 is 6.03 Å². The summed E-state index contributed by atoms with van der Waals surface area (Å²) in [4.78, 5) is 10.9. The first-order valence-electron chi connectivity index (χ1n) is 8.01. The monoisotopic (exact) mass is 269 g/mol. The van der Waals surface area contributed by atoms with Gasteiger partial charge in [-0.1, -0.05) is 51.9 Å². The number of primary amides is 1. The standard InChI is InChI=1S/C15H31N3O/c1-2-3-4-5-6-7-8-9-13-17-15(11-10-12-15)18-14(16)19/h17H,2-13H2,1H3,(H3,16,18,19). The summed E-state index contributed by atoms with van der Waals surface area (Å²) in [6.45, 7) is 3.23. The molecule has 19 heavy (non-hydrogen) atoms. The van der Waals surface area contributed by atoms with E-state index in [1.165, 1.54) is 57.8 Å². The highest BCUT2D eigenvalue weighted by Crippen LogP contribution is 2.28. The maximum atomic E-state index is 10.9. The molecule has 0 aromatic carbocycles. The lowest BCUT2D eigenvalue weighted by Crippen LogP contribution is -2.64. The molecule has 1 saturated carbocycles. The summed E-state index contributed by atoms with van der Waals surface area (Å²) in [5, 5.41) is 6.31. The smallest absolute Gasteiger partial charge is 0.313 e. The average Bonchev–Trinajstić information content (AvgIpc) is 2.33. The molecule has 0 unspecified atom stereocenters. The third kappa shape index (κ3) is 6.81. The van der Waals surface area contributed by atoms with Crippen molar-refractivity contribution in [3.05, 3.63) is 0 Å². The fourth-order valence-corrected chi connectivity index (χ4v) is 2.70. The van der Waals surface area contributed by atoms with Crippen LogP contribution in [0.1, 0.15) is 77.6 Å². The number of nitrogens with two attached hydrogens (primary N) is 1. The first-order valence-corrected chi connectivity index (χ1v) is 8.01. The Bertz CT molecular complexity index is 252. The van der Waals surface area contributed by atoms with Crippen LogP contribution in [0.2, 0.25) is 0 Å². The number of urea groups is 1. The van der Waals surface area contributed by atoms with Gasteiger partial charge in [0.25, 0.3) is 0 Å². The molecular weight excluding hydrogens is 238 g/mol. The summed E-state index contributed by atoms with van der Waals surface area (Å²) < 4.78 is 0. The Morgan fingerprint density at radius 1 is 1.05 bits per heavy atom. The number of hydrogen-bond acceptors (Lipinski definition) is 2. The predicted molar refractivity (Wildman–Crippen MR) is 79.9 cm³/mol. The van der Waals surface area contributed by atoms with Gasteiger partial charge in [-0.15, -0.1) is 0 Å². The molecule has 0 radical (unpaired) electrons. The lowest BCUT2D eigenvalue weighted by Gasteiger charge is -2.42. The molecule has 1 fully saturated rings. The van der Waals surface area contributed by atoms with Gasteiger partial charge in [0, 0.05) is 0 Å². The molecule has 4 N–H and O–H groups in total. The third-order valence-electron chi connectivity index (χ3n) is 4.06. The van der Waals surface area contributed by atoms with Gasteiger partial charge in [0.05, 0.1) is 5.66 Å². The number of unbranched alkanes of at least 4 members (excludes halogenated alkanes) is 7. The molecular formula is C15H31N3O. The molecule has 0 spiro atoms. The molecule has 112 valence electrons. The summed E-state index contributed by atoms with van der Waals surface area (Å²) in [7, 11) is 0. The van der Waals surface area contributed by atoms with Crippen molar-refractivity contribution in [1.82, 2.24) is 10.6 Å². The number of carbonyl (C=O) groups is 1. The molecule has 0 bridgehead atoms. The van der Waals surface area contributed by atoms with E-state index in [2.05, 4.69) is 17.6 Å². The molecule has 1 aliphatic rings. The second-order valence-electron chi connectivity index (χ2n) is 5.83. The number of rotatable bonds is 11. The fourth-order valence-electron chi connectivity index (χ4n) is 2.70. The second-order valence-corrected chi connectivity index (χ2v) is 5.83. The molecule has 0 aromatic heterocycles. The zero-order valence-electron chi connectivity index (χ0n) is 12.5. The summed E-state index contributed by atoms with van der Waals surface area (Å²) in [5.74, 6) is 0.